The molecule has 7 heteroatoms. The first-order valence-corrected chi connectivity index (χ1v) is 11.2. The van der Waals surface area contributed by atoms with Crippen LogP contribution >= 0.6 is 11.6 Å². The summed E-state index contributed by atoms with van der Waals surface area (Å²) in [6, 6.07) is 15.7. The highest BCUT2D eigenvalue weighted by Crippen LogP contribution is 2.23. The third-order valence-corrected chi connectivity index (χ3v) is 6.34. The number of para-hydroxylation sites is 1. The number of aryl methyl sites for hydroxylation is 2. The van der Waals surface area contributed by atoms with Crippen molar-refractivity contribution >= 4 is 40.0 Å². The van der Waals surface area contributed by atoms with Crippen molar-refractivity contribution in [1.29, 1.82) is 0 Å². The quantitative estimate of drug-likeness (QED) is 0.646. The van der Waals surface area contributed by atoms with Gasteiger partial charge in [-0.3, -0.25) is 14.6 Å². The Morgan fingerprint density at radius 1 is 1.00 bits per heavy atom. The van der Waals surface area contributed by atoms with Crippen LogP contribution in [0, 0.1) is 13.8 Å². The fourth-order valence-corrected chi connectivity index (χ4v) is 4.33. The van der Waals surface area contributed by atoms with Gasteiger partial charge >= 0.3 is 0 Å². The van der Waals surface area contributed by atoms with E-state index >= 15 is 0 Å². The number of fused-ring (bicyclic) bond motifs is 1. The average Bonchev–Trinajstić information content (AvgIpc) is 2.81. The smallest absolute Gasteiger partial charge is 0.242 e. The minimum atomic E-state index is -0.165. The molecule has 6 nitrogen and oxygen atoms in total. The summed E-state index contributed by atoms with van der Waals surface area (Å²) in [5, 5.41) is 4.56. The van der Waals surface area contributed by atoms with Crippen LogP contribution in [0.4, 0.5) is 5.69 Å². The number of amides is 2. The number of benzene rings is 2. The largest absolute Gasteiger partial charge is 0.368 e. The zero-order valence-corrected chi connectivity index (χ0v) is 19.2. The van der Waals surface area contributed by atoms with Gasteiger partial charge in [0, 0.05) is 48.0 Å². The van der Waals surface area contributed by atoms with Crippen molar-refractivity contribution in [3.8, 4) is 0 Å². The van der Waals surface area contributed by atoms with Crippen molar-refractivity contribution in [2.75, 3.05) is 37.6 Å². The van der Waals surface area contributed by atoms with Crippen LogP contribution in [0.1, 0.15) is 16.8 Å². The molecular formula is C25H27ClN4O2. The second-order valence-corrected chi connectivity index (χ2v) is 8.55. The van der Waals surface area contributed by atoms with E-state index in [1.165, 1.54) is 0 Å². The molecule has 0 radical (unpaired) electrons. The molecule has 0 saturated carbocycles. The Morgan fingerprint density at radius 3 is 2.41 bits per heavy atom. The van der Waals surface area contributed by atoms with Gasteiger partial charge in [-0.25, -0.2) is 0 Å². The molecule has 32 heavy (non-hydrogen) atoms. The highest BCUT2D eigenvalue weighted by molar-refractivity contribution is 6.30. The van der Waals surface area contributed by atoms with Crippen molar-refractivity contribution in [2.45, 2.75) is 20.3 Å². The molecule has 0 bridgehead atoms. The number of nitrogens with zero attached hydrogens (tertiary/aromatic N) is 3. The summed E-state index contributed by atoms with van der Waals surface area (Å²) in [4.78, 5) is 33.9. The molecule has 1 aliphatic rings. The summed E-state index contributed by atoms with van der Waals surface area (Å²) < 4.78 is 0. The van der Waals surface area contributed by atoms with Crippen molar-refractivity contribution in [3.05, 3.63) is 70.4 Å². The second-order valence-electron chi connectivity index (χ2n) is 8.12. The molecule has 0 spiro atoms. The standard InChI is InChI=1S/C25H27ClN4O2/c1-17-21-5-3-4-6-23(21)28-18(2)22(17)15-24(31)27-16-25(32)30-13-11-29(12-14-30)20-9-7-19(26)8-10-20/h3-10H,11-16H2,1-2H3,(H,27,31). The minimum Gasteiger partial charge on any atom is -0.368 e. The van der Waals surface area contributed by atoms with Crippen LogP contribution in [-0.2, 0) is 16.0 Å². The third-order valence-electron chi connectivity index (χ3n) is 6.08. The monoisotopic (exact) mass is 450 g/mol. The van der Waals surface area contributed by atoms with Crippen molar-refractivity contribution in [3.63, 3.8) is 0 Å². The fraction of sp³-hybridized carbons (Fsp3) is 0.320. The Labute approximate surface area is 193 Å². The summed E-state index contributed by atoms with van der Waals surface area (Å²) in [5.74, 6) is -0.222. The number of pyridine rings is 1. The van der Waals surface area contributed by atoms with E-state index in [0.717, 1.165) is 46.5 Å². The SMILES string of the molecule is Cc1nc2ccccc2c(C)c1CC(=O)NCC(=O)N1CCN(c2ccc(Cl)cc2)CC1. The molecule has 1 aliphatic heterocycles. The van der Waals surface area contributed by atoms with E-state index in [0.29, 0.717) is 18.1 Å². The zero-order valence-electron chi connectivity index (χ0n) is 18.4. The maximum atomic E-state index is 12.6. The van der Waals surface area contributed by atoms with E-state index in [2.05, 4.69) is 15.2 Å². The molecule has 1 N–H and O–H groups in total. The van der Waals surface area contributed by atoms with Crippen molar-refractivity contribution < 1.29 is 9.59 Å². The summed E-state index contributed by atoms with van der Waals surface area (Å²) in [6.45, 7) is 6.72. The van der Waals surface area contributed by atoms with Gasteiger partial charge in [-0.2, -0.15) is 0 Å². The van der Waals surface area contributed by atoms with Gasteiger partial charge in [0.15, 0.2) is 0 Å². The summed E-state index contributed by atoms with van der Waals surface area (Å²) in [6.07, 6.45) is 0.215. The van der Waals surface area contributed by atoms with Crippen LogP contribution in [0.15, 0.2) is 48.5 Å². The van der Waals surface area contributed by atoms with Gasteiger partial charge in [0.1, 0.15) is 0 Å². The number of nitrogens with one attached hydrogen (secondary N) is 1. The molecule has 1 fully saturated rings. The summed E-state index contributed by atoms with van der Waals surface area (Å²) >= 11 is 5.96. The van der Waals surface area contributed by atoms with Gasteiger partial charge in [-0.05, 0) is 55.3 Å². The van der Waals surface area contributed by atoms with Gasteiger partial charge in [0.05, 0.1) is 18.5 Å². The Bertz CT molecular complexity index is 1140. The van der Waals surface area contributed by atoms with Crippen LogP contribution in [-0.4, -0.2) is 54.4 Å². The van der Waals surface area contributed by atoms with Gasteiger partial charge in [-0.15, -0.1) is 0 Å². The van der Waals surface area contributed by atoms with Crippen LogP contribution < -0.4 is 10.2 Å². The maximum absolute atomic E-state index is 12.6. The molecule has 166 valence electrons. The Morgan fingerprint density at radius 2 is 1.69 bits per heavy atom. The van der Waals surface area contributed by atoms with Crippen molar-refractivity contribution in [2.24, 2.45) is 0 Å². The van der Waals surface area contributed by atoms with Gasteiger partial charge in [0.2, 0.25) is 11.8 Å². The number of rotatable bonds is 5. The summed E-state index contributed by atoms with van der Waals surface area (Å²) in [5.41, 5.74) is 4.86. The first-order valence-electron chi connectivity index (χ1n) is 10.8. The number of hydrogen-bond acceptors (Lipinski definition) is 4. The number of halogens is 1. The predicted octanol–water partition coefficient (Wildman–Crippen LogP) is 3.51. The van der Waals surface area contributed by atoms with E-state index in [-0.39, 0.29) is 24.8 Å². The normalized spacial score (nSPS) is 14.0. The molecule has 0 aliphatic carbocycles. The summed E-state index contributed by atoms with van der Waals surface area (Å²) in [7, 11) is 0. The van der Waals surface area contributed by atoms with Crippen LogP contribution in [0.25, 0.3) is 10.9 Å². The lowest BCUT2D eigenvalue weighted by Gasteiger charge is -2.36. The van der Waals surface area contributed by atoms with E-state index in [1.54, 1.807) is 4.90 Å². The van der Waals surface area contributed by atoms with Crippen LogP contribution in [0.2, 0.25) is 5.02 Å². The molecule has 1 saturated heterocycles. The molecule has 3 aromatic rings. The van der Waals surface area contributed by atoms with Crippen LogP contribution in [0.5, 0.6) is 0 Å². The third kappa shape index (κ3) is 4.86. The van der Waals surface area contributed by atoms with E-state index in [4.69, 9.17) is 11.6 Å². The minimum absolute atomic E-state index is 0.0128. The first kappa shape index (κ1) is 22.1. The Balaban J connectivity index is 1.30. The zero-order chi connectivity index (χ0) is 22.7. The maximum Gasteiger partial charge on any atom is 0.242 e. The number of carbonyl (C=O) groups is 2. The molecule has 2 amide bonds. The second kappa shape index (κ2) is 9.57. The Hall–Kier alpha value is -3.12. The lowest BCUT2D eigenvalue weighted by molar-refractivity contribution is -0.133. The molecular weight excluding hydrogens is 424 g/mol. The van der Waals surface area contributed by atoms with Crippen molar-refractivity contribution in [1.82, 2.24) is 15.2 Å². The fourth-order valence-electron chi connectivity index (χ4n) is 4.21. The highest BCUT2D eigenvalue weighted by atomic mass is 35.5. The van der Waals surface area contributed by atoms with E-state index < -0.39 is 0 Å². The predicted molar refractivity (Wildman–Crippen MR) is 128 cm³/mol. The number of piperazine rings is 1. The van der Waals surface area contributed by atoms with Gasteiger partial charge in [0.25, 0.3) is 0 Å². The molecule has 2 aromatic carbocycles. The lowest BCUT2D eigenvalue weighted by atomic mass is 9.99. The van der Waals surface area contributed by atoms with Gasteiger partial charge < -0.3 is 15.1 Å². The number of anilines is 1. The van der Waals surface area contributed by atoms with Gasteiger partial charge in [-0.1, -0.05) is 29.8 Å². The average molecular weight is 451 g/mol. The lowest BCUT2D eigenvalue weighted by Crippen LogP contribution is -2.51. The van der Waals surface area contributed by atoms with Crippen LogP contribution in [0.3, 0.4) is 0 Å². The molecule has 1 aromatic heterocycles. The Kier molecular flexibility index (Phi) is 6.61. The number of hydrogen-bond donors (Lipinski definition) is 1. The first-order chi connectivity index (χ1) is 15.4. The molecule has 0 unspecified atom stereocenters. The van der Waals surface area contributed by atoms with E-state index in [1.807, 2.05) is 62.4 Å². The number of aromatic nitrogens is 1. The highest BCUT2D eigenvalue weighted by Gasteiger charge is 2.22. The topological polar surface area (TPSA) is 65.5 Å². The molecule has 2 heterocycles. The molecule has 4 rings (SSSR count). The molecule has 0 atom stereocenters. The number of carbonyl (C=O) groups excluding carboxylic acids is 2. The van der Waals surface area contributed by atoms with E-state index in [9.17, 15) is 9.59 Å².